The number of fused-ring (bicyclic) bond motifs is 1. The Morgan fingerprint density at radius 1 is 1.07 bits per heavy atom. The van der Waals surface area contributed by atoms with E-state index in [9.17, 15) is 9.59 Å². The van der Waals surface area contributed by atoms with Gasteiger partial charge in [-0.25, -0.2) is 0 Å². The van der Waals surface area contributed by atoms with Gasteiger partial charge in [-0.1, -0.05) is 44.2 Å². The summed E-state index contributed by atoms with van der Waals surface area (Å²) in [5, 5.41) is 5.71. The van der Waals surface area contributed by atoms with Crippen LogP contribution in [0, 0.1) is 5.92 Å². The molecule has 2 aromatic rings. The summed E-state index contributed by atoms with van der Waals surface area (Å²) in [5.41, 5.74) is 1.65. The third kappa shape index (κ3) is 5.97. The van der Waals surface area contributed by atoms with Crippen molar-refractivity contribution in [2.45, 2.75) is 26.4 Å². The van der Waals surface area contributed by atoms with Gasteiger partial charge in [0, 0.05) is 24.7 Å². The molecule has 1 aliphatic heterocycles. The van der Waals surface area contributed by atoms with E-state index in [2.05, 4.69) is 41.5 Å². The first-order valence-electron chi connectivity index (χ1n) is 10.1. The molecule has 0 fully saturated rings. The molecule has 1 aliphatic rings. The van der Waals surface area contributed by atoms with Crippen molar-refractivity contribution in [2.24, 2.45) is 5.92 Å². The summed E-state index contributed by atoms with van der Waals surface area (Å²) >= 11 is 0. The number of benzene rings is 2. The SMILES string of the molecule is CC(C)[C@@H](CN(C)Cc1ccccc1)NC(=O)CNC(=O)c1ccc2c(c1)OCO2. The van der Waals surface area contributed by atoms with E-state index in [0.717, 1.165) is 6.54 Å². The molecule has 0 spiro atoms. The number of carbonyl (C=O) groups is 2. The first-order valence-corrected chi connectivity index (χ1v) is 10.1. The summed E-state index contributed by atoms with van der Waals surface area (Å²) in [6, 6.07) is 15.2. The minimum atomic E-state index is -0.328. The van der Waals surface area contributed by atoms with Crippen LogP contribution in [0.25, 0.3) is 0 Å². The van der Waals surface area contributed by atoms with E-state index in [1.54, 1.807) is 18.2 Å². The van der Waals surface area contributed by atoms with E-state index in [-0.39, 0.29) is 37.1 Å². The van der Waals surface area contributed by atoms with Crippen LogP contribution in [-0.2, 0) is 11.3 Å². The molecule has 2 amide bonds. The molecule has 1 heterocycles. The fourth-order valence-electron chi connectivity index (χ4n) is 3.28. The van der Waals surface area contributed by atoms with Crippen LogP contribution in [0.3, 0.4) is 0 Å². The van der Waals surface area contributed by atoms with E-state index >= 15 is 0 Å². The highest BCUT2D eigenvalue weighted by molar-refractivity contribution is 5.97. The van der Waals surface area contributed by atoms with E-state index in [1.165, 1.54) is 5.56 Å². The van der Waals surface area contributed by atoms with Crippen molar-refractivity contribution in [3.05, 3.63) is 59.7 Å². The largest absolute Gasteiger partial charge is 0.454 e. The van der Waals surface area contributed by atoms with Crippen LogP contribution < -0.4 is 20.1 Å². The van der Waals surface area contributed by atoms with Gasteiger partial charge in [0.05, 0.1) is 6.54 Å². The van der Waals surface area contributed by atoms with Crippen LogP contribution in [0.5, 0.6) is 11.5 Å². The molecule has 160 valence electrons. The predicted octanol–water partition coefficient (Wildman–Crippen LogP) is 2.42. The zero-order valence-corrected chi connectivity index (χ0v) is 17.7. The average Bonchev–Trinajstić information content (AvgIpc) is 3.20. The lowest BCUT2D eigenvalue weighted by atomic mass is 10.0. The van der Waals surface area contributed by atoms with Gasteiger partial charge in [0.15, 0.2) is 11.5 Å². The lowest BCUT2D eigenvalue weighted by Crippen LogP contribution is -2.48. The van der Waals surface area contributed by atoms with Crippen LogP contribution in [0.4, 0.5) is 0 Å². The Balaban J connectivity index is 1.48. The normalized spacial score (nSPS) is 13.4. The van der Waals surface area contributed by atoms with Gasteiger partial charge in [0.2, 0.25) is 12.7 Å². The maximum absolute atomic E-state index is 12.4. The van der Waals surface area contributed by atoms with Gasteiger partial charge in [-0.05, 0) is 36.7 Å². The molecular formula is C23H29N3O4. The maximum Gasteiger partial charge on any atom is 0.251 e. The highest BCUT2D eigenvalue weighted by Gasteiger charge is 2.20. The number of carbonyl (C=O) groups excluding carboxylic acids is 2. The van der Waals surface area contributed by atoms with Crippen molar-refractivity contribution in [1.29, 1.82) is 0 Å². The molecule has 30 heavy (non-hydrogen) atoms. The van der Waals surface area contributed by atoms with E-state index in [4.69, 9.17) is 9.47 Å². The highest BCUT2D eigenvalue weighted by atomic mass is 16.7. The molecule has 7 nitrogen and oxygen atoms in total. The monoisotopic (exact) mass is 411 g/mol. The summed E-state index contributed by atoms with van der Waals surface area (Å²) < 4.78 is 10.5. The number of nitrogens with zero attached hydrogens (tertiary/aromatic N) is 1. The maximum atomic E-state index is 12.4. The van der Waals surface area contributed by atoms with Crippen molar-refractivity contribution >= 4 is 11.8 Å². The van der Waals surface area contributed by atoms with Gasteiger partial charge in [0.25, 0.3) is 5.91 Å². The Hall–Kier alpha value is -3.06. The van der Waals surface area contributed by atoms with Crippen molar-refractivity contribution in [3.63, 3.8) is 0 Å². The second-order valence-electron chi connectivity index (χ2n) is 7.85. The van der Waals surface area contributed by atoms with Crippen molar-refractivity contribution < 1.29 is 19.1 Å². The minimum absolute atomic E-state index is 0.0198. The number of nitrogens with one attached hydrogen (secondary N) is 2. The number of rotatable bonds is 9. The van der Waals surface area contributed by atoms with Gasteiger partial charge in [0.1, 0.15) is 0 Å². The van der Waals surface area contributed by atoms with Gasteiger partial charge in [-0.3, -0.25) is 9.59 Å². The fraction of sp³-hybridized carbons (Fsp3) is 0.391. The number of amides is 2. The minimum Gasteiger partial charge on any atom is -0.454 e. The molecule has 1 atom stereocenters. The smallest absolute Gasteiger partial charge is 0.251 e. The topological polar surface area (TPSA) is 79.9 Å². The molecule has 0 unspecified atom stereocenters. The van der Waals surface area contributed by atoms with Crippen LogP contribution in [0.1, 0.15) is 29.8 Å². The molecule has 0 bridgehead atoms. The Morgan fingerprint density at radius 3 is 2.53 bits per heavy atom. The Morgan fingerprint density at radius 2 is 1.80 bits per heavy atom. The lowest BCUT2D eigenvalue weighted by molar-refractivity contribution is -0.121. The fourth-order valence-corrected chi connectivity index (χ4v) is 3.28. The predicted molar refractivity (Wildman–Crippen MR) is 114 cm³/mol. The molecule has 7 heteroatoms. The Kier molecular flexibility index (Phi) is 7.30. The van der Waals surface area contributed by atoms with Crippen molar-refractivity contribution in [1.82, 2.24) is 15.5 Å². The molecule has 0 saturated heterocycles. The van der Waals surface area contributed by atoms with Crippen molar-refractivity contribution in [2.75, 3.05) is 26.9 Å². The second kappa shape index (κ2) is 10.1. The van der Waals surface area contributed by atoms with E-state index < -0.39 is 0 Å². The molecule has 0 aromatic heterocycles. The number of likely N-dealkylation sites (N-methyl/N-ethyl adjacent to an activating group) is 1. The highest BCUT2D eigenvalue weighted by Crippen LogP contribution is 2.32. The quantitative estimate of drug-likeness (QED) is 0.663. The van der Waals surface area contributed by atoms with Crippen LogP contribution in [-0.4, -0.2) is 49.7 Å². The van der Waals surface area contributed by atoms with Crippen LogP contribution in [0.2, 0.25) is 0 Å². The summed E-state index contributed by atoms with van der Waals surface area (Å²) in [4.78, 5) is 27.0. The molecule has 2 N–H and O–H groups in total. The average molecular weight is 412 g/mol. The number of ether oxygens (including phenoxy) is 2. The van der Waals surface area contributed by atoms with Crippen LogP contribution >= 0.6 is 0 Å². The van der Waals surface area contributed by atoms with Gasteiger partial charge < -0.3 is 25.0 Å². The molecule has 0 radical (unpaired) electrons. The first kappa shape index (κ1) is 21.6. The van der Waals surface area contributed by atoms with Gasteiger partial charge >= 0.3 is 0 Å². The van der Waals surface area contributed by atoms with Gasteiger partial charge in [-0.2, -0.15) is 0 Å². The van der Waals surface area contributed by atoms with Crippen LogP contribution in [0.15, 0.2) is 48.5 Å². The standard InChI is InChI=1S/C23H29N3O4/c1-16(2)19(14-26(3)13-17-7-5-4-6-8-17)25-22(27)12-24-23(28)18-9-10-20-21(11-18)30-15-29-20/h4-11,16,19H,12-15H2,1-3H3,(H,24,28)(H,25,27)/t19-/m1/s1. The first-order chi connectivity index (χ1) is 14.4. The van der Waals surface area contributed by atoms with Crippen molar-refractivity contribution in [3.8, 4) is 11.5 Å². The number of hydrogen-bond donors (Lipinski definition) is 2. The molecule has 3 rings (SSSR count). The zero-order valence-electron chi connectivity index (χ0n) is 17.7. The lowest BCUT2D eigenvalue weighted by Gasteiger charge is -2.28. The Labute approximate surface area is 177 Å². The summed E-state index contributed by atoms with van der Waals surface area (Å²) in [6.07, 6.45) is 0. The number of hydrogen-bond acceptors (Lipinski definition) is 5. The second-order valence-corrected chi connectivity index (χ2v) is 7.85. The summed E-state index contributed by atoms with van der Waals surface area (Å²) in [7, 11) is 2.04. The zero-order chi connectivity index (χ0) is 21.5. The van der Waals surface area contributed by atoms with E-state index in [0.29, 0.717) is 23.6 Å². The molecule has 2 aromatic carbocycles. The van der Waals surface area contributed by atoms with Gasteiger partial charge in [-0.15, -0.1) is 0 Å². The third-order valence-corrected chi connectivity index (χ3v) is 5.00. The molecule has 0 saturated carbocycles. The Bertz CT molecular complexity index is 870. The third-order valence-electron chi connectivity index (χ3n) is 5.00. The molecular weight excluding hydrogens is 382 g/mol. The summed E-state index contributed by atoms with van der Waals surface area (Å²) in [6.45, 7) is 5.74. The molecule has 0 aliphatic carbocycles. The summed E-state index contributed by atoms with van der Waals surface area (Å²) in [5.74, 6) is 0.871. The van der Waals surface area contributed by atoms with E-state index in [1.807, 2.05) is 25.2 Å².